The minimum atomic E-state index is 0.419. The summed E-state index contributed by atoms with van der Waals surface area (Å²) < 4.78 is 0. The second-order valence-corrected chi connectivity index (χ2v) is 3.85. The van der Waals surface area contributed by atoms with Crippen LogP contribution in [0.25, 0.3) is 0 Å². The third-order valence-electron chi connectivity index (χ3n) is 2.62. The van der Waals surface area contributed by atoms with Crippen molar-refractivity contribution in [2.75, 3.05) is 6.54 Å². The van der Waals surface area contributed by atoms with Gasteiger partial charge in [-0.3, -0.25) is 4.90 Å². The van der Waals surface area contributed by atoms with E-state index in [0.29, 0.717) is 12.1 Å². The number of nitrogens with two attached hydrogens (primary N) is 1. The molecule has 0 spiro atoms. The van der Waals surface area contributed by atoms with Crippen LogP contribution in [0.1, 0.15) is 33.6 Å². The third-order valence-corrected chi connectivity index (χ3v) is 2.62. The summed E-state index contributed by atoms with van der Waals surface area (Å²) >= 11 is 0. The minimum absolute atomic E-state index is 0.419. The first-order valence-electron chi connectivity index (χ1n) is 4.66. The topological polar surface area (TPSA) is 29.3 Å². The van der Waals surface area contributed by atoms with Crippen molar-refractivity contribution in [3.05, 3.63) is 0 Å². The van der Waals surface area contributed by atoms with Gasteiger partial charge in [0.15, 0.2) is 0 Å². The zero-order chi connectivity index (χ0) is 8.43. The van der Waals surface area contributed by atoms with Crippen LogP contribution in [0.4, 0.5) is 0 Å². The Morgan fingerprint density at radius 2 is 2.18 bits per heavy atom. The minimum Gasteiger partial charge on any atom is -0.326 e. The van der Waals surface area contributed by atoms with Crippen LogP contribution >= 0.6 is 0 Å². The van der Waals surface area contributed by atoms with Crippen molar-refractivity contribution < 1.29 is 0 Å². The fraction of sp³-hybridized carbons (Fsp3) is 1.00. The molecular weight excluding hydrogens is 136 g/mol. The normalized spacial score (nSPS) is 33.5. The van der Waals surface area contributed by atoms with Gasteiger partial charge in [0.1, 0.15) is 0 Å². The van der Waals surface area contributed by atoms with Crippen molar-refractivity contribution in [2.45, 2.75) is 51.7 Å². The number of nitrogens with zero attached hydrogens (tertiary/aromatic N) is 1. The lowest BCUT2D eigenvalue weighted by Gasteiger charge is -2.26. The van der Waals surface area contributed by atoms with Crippen LogP contribution in [0.5, 0.6) is 0 Å². The summed E-state index contributed by atoms with van der Waals surface area (Å²) in [5.41, 5.74) is 5.89. The van der Waals surface area contributed by atoms with E-state index in [1.807, 2.05) is 0 Å². The number of likely N-dealkylation sites (tertiary alicyclic amines) is 1. The molecule has 0 aromatic carbocycles. The molecule has 2 heteroatoms. The van der Waals surface area contributed by atoms with Gasteiger partial charge in [-0.1, -0.05) is 6.92 Å². The molecule has 2 atom stereocenters. The second-order valence-electron chi connectivity index (χ2n) is 3.85. The Morgan fingerprint density at radius 1 is 1.55 bits per heavy atom. The fourth-order valence-corrected chi connectivity index (χ4v) is 2.01. The SMILES string of the molecule is CC[C@@H]1C[C@H](N)CN1C(C)C. The van der Waals surface area contributed by atoms with Crippen LogP contribution in [-0.4, -0.2) is 29.6 Å². The molecule has 0 bridgehead atoms. The van der Waals surface area contributed by atoms with Crippen LogP contribution in [0.15, 0.2) is 0 Å². The molecule has 2 N–H and O–H groups in total. The average Bonchev–Trinajstić information content (AvgIpc) is 2.30. The zero-order valence-electron chi connectivity index (χ0n) is 7.88. The molecule has 0 aliphatic carbocycles. The Hall–Kier alpha value is -0.0800. The molecule has 0 aromatic heterocycles. The molecule has 1 saturated heterocycles. The van der Waals surface area contributed by atoms with E-state index < -0.39 is 0 Å². The summed E-state index contributed by atoms with van der Waals surface area (Å²) in [7, 11) is 0. The summed E-state index contributed by atoms with van der Waals surface area (Å²) in [6.07, 6.45) is 2.43. The summed E-state index contributed by atoms with van der Waals surface area (Å²) in [6.45, 7) is 7.84. The smallest absolute Gasteiger partial charge is 0.0183 e. The lowest BCUT2D eigenvalue weighted by Crippen LogP contribution is -2.36. The van der Waals surface area contributed by atoms with E-state index in [0.717, 1.165) is 12.6 Å². The van der Waals surface area contributed by atoms with Crippen molar-refractivity contribution in [1.29, 1.82) is 0 Å². The highest BCUT2D eigenvalue weighted by Gasteiger charge is 2.29. The van der Waals surface area contributed by atoms with Crippen LogP contribution < -0.4 is 5.73 Å². The van der Waals surface area contributed by atoms with E-state index in [1.165, 1.54) is 12.8 Å². The number of rotatable bonds is 2. The molecule has 0 aromatic rings. The van der Waals surface area contributed by atoms with Gasteiger partial charge in [-0.05, 0) is 26.7 Å². The van der Waals surface area contributed by atoms with Crippen LogP contribution in [0.2, 0.25) is 0 Å². The van der Waals surface area contributed by atoms with Crippen LogP contribution in [0.3, 0.4) is 0 Å². The zero-order valence-corrected chi connectivity index (χ0v) is 7.88. The highest BCUT2D eigenvalue weighted by Crippen LogP contribution is 2.21. The molecule has 0 radical (unpaired) electrons. The largest absolute Gasteiger partial charge is 0.326 e. The van der Waals surface area contributed by atoms with Crippen molar-refractivity contribution >= 4 is 0 Å². The first-order valence-corrected chi connectivity index (χ1v) is 4.66. The van der Waals surface area contributed by atoms with Gasteiger partial charge in [-0.15, -0.1) is 0 Å². The molecule has 0 unspecified atom stereocenters. The highest BCUT2D eigenvalue weighted by atomic mass is 15.2. The summed E-state index contributed by atoms with van der Waals surface area (Å²) in [4.78, 5) is 2.52. The number of hydrogen-bond donors (Lipinski definition) is 1. The Bertz CT molecular complexity index is 123. The van der Waals surface area contributed by atoms with Gasteiger partial charge < -0.3 is 5.73 Å². The fourth-order valence-electron chi connectivity index (χ4n) is 2.01. The predicted molar refractivity (Wildman–Crippen MR) is 48.5 cm³/mol. The van der Waals surface area contributed by atoms with Crippen LogP contribution in [-0.2, 0) is 0 Å². The molecule has 0 saturated carbocycles. The molecule has 1 aliphatic rings. The molecule has 11 heavy (non-hydrogen) atoms. The molecule has 0 amide bonds. The lowest BCUT2D eigenvalue weighted by molar-refractivity contribution is 0.198. The van der Waals surface area contributed by atoms with Crippen molar-refractivity contribution in [1.82, 2.24) is 4.90 Å². The standard InChI is InChI=1S/C9H20N2/c1-4-9-5-8(10)6-11(9)7(2)3/h7-9H,4-6,10H2,1-3H3/t8-,9+/m0/s1. The molecular formula is C9H20N2. The van der Waals surface area contributed by atoms with Gasteiger partial charge in [0.05, 0.1) is 0 Å². The Balaban J connectivity index is 2.50. The number of hydrogen-bond acceptors (Lipinski definition) is 2. The van der Waals surface area contributed by atoms with E-state index in [2.05, 4.69) is 25.7 Å². The summed E-state index contributed by atoms with van der Waals surface area (Å²) in [6, 6.07) is 1.82. The van der Waals surface area contributed by atoms with Crippen molar-refractivity contribution in [3.63, 3.8) is 0 Å². The first kappa shape index (κ1) is 9.01. The average molecular weight is 156 g/mol. The molecule has 2 nitrogen and oxygen atoms in total. The summed E-state index contributed by atoms with van der Waals surface area (Å²) in [5.74, 6) is 0. The van der Waals surface area contributed by atoms with Gasteiger partial charge in [-0.2, -0.15) is 0 Å². The molecule has 1 fully saturated rings. The Morgan fingerprint density at radius 3 is 2.55 bits per heavy atom. The molecule has 1 aliphatic heterocycles. The molecule has 1 rings (SSSR count). The Labute approximate surface area is 69.8 Å². The van der Waals surface area contributed by atoms with Gasteiger partial charge in [0.2, 0.25) is 0 Å². The van der Waals surface area contributed by atoms with Crippen LogP contribution in [0, 0.1) is 0 Å². The van der Waals surface area contributed by atoms with Gasteiger partial charge in [0, 0.05) is 24.7 Å². The maximum atomic E-state index is 5.89. The third kappa shape index (κ3) is 1.94. The predicted octanol–water partition coefficient (Wildman–Crippen LogP) is 1.21. The maximum Gasteiger partial charge on any atom is 0.0183 e. The van der Waals surface area contributed by atoms with Gasteiger partial charge >= 0.3 is 0 Å². The van der Waals surface area contributed by atoms with E-state index >= 15 is 0 Å². The maximum absolute atomic E-state index is 5.89. The first-order chi connectivity index (χ1) is 5.15. The second kappa shape index (κ2) is 3.55. The van der Waals surface area contributed by atoms with Crippen molar-refractivity contribution in [3.8, 4) is 0 Å². The van der Waals surface area contributed by atoms with E-state index in [9.17, 15) is 0 Å². The lowest BCUT2D eigenvalue weighted by atomic mass is 10.1. The van der Waals surface area contributed by atoms with E-state index in [-0.39, 0.29) is 0 Å². The molecule has 66 valence electrons. The highest BCUT2D eigenvalue weighted by molar-refractivity contribution is 4.88. The monoisotopic (exact) mass is 156 g/mol. The van der Waals surface area contributed by atoms with E-state index in [4.69, 9.17) is 5.73 Å². The van der Waals surface area contributed by atoms with E-state index in [1.54, 1.807) is 0 Å². The molecule has 1 heterocycles. The van der Waals surface area contributed by atoms with Gasteiger partial charge in [-0.25, -0.2) is 0 Å². The van der Waals surface area contributed by atoms with Gasteiger partial charge in [0.25, 0.3) is 0 Å². The Kier molecular flexibility index (Phi) is 2.90. The summed E-state index contributed by atoms with van der Waals surface area (Å²) in [5, 5.41) is 0. The quantitative estimate of drug-likeness (QED) is 0.651. The van der Waals surface area contributed by atoms with Crippen molar-refractivity contribution in [2.24, 2.45) is 5.73 Å².